The number of aromatic carboxylic acids is 1. The molecule has 0 saturated heterocycles. The molecule has 0 fully saturated rings. The van der Waals surface area contributed by atoms with Gasteiger partial charge in [-0.05, 0) is 23.4 Å². The molecule has 8 nitrogen and oxygen atoms in total. The lowest BCUT2D eigenvalue weighted by atomic mass is 10.2. The van der Waals surface area contributed by atoms with Crippen molar-refractivity contribution in [2.24, 2.45) is 7.05 Å². The van der Waals surface area contributed by atoms with Crippen molar-refractivity contribution in [1.82, 2.24) is 20.2 Å². The fraction of sp³-hybridized carbons (Fsp3) is 0.273. The van der Waals surface area contributed by atoms with Crippen molar-refractivity contribution in [3.63, 3.8) is 0 Å². The van der Waals surface area contributed by atoms with Crippen LogP contribution in [0.3, 0.4) is 0 Å². The lowest BCUT2D eigenvalue weighted by Gasteiger charge is -2.08. The van der Waals surface area contributed by atoms with Gasteiger partial charge in [-0.2, -0.15) is 4.80 Å². The molecule has 0 saturated carbocycles. The number of carboxylic acid groups (broad SMARTS) is 1. The second-order valence-electron chi connectivity index (χ2n) is 3.65. The highest BCUT2D eigenvalue weighted by molar-refractivity contribution is 5.91. The lowest BCUT2D eigenvalue weighted by molar-refractivity contribution is 0.0691. The van der Waals surface area contributed by atoms with Crippen molar-refractivity contribution < 1.29 is 19.4 Å². The number of ether oxygens (including phenoxy) is 2. The molecule has 0 bridgehead atoms. The molecule has 2 aromatic rings. The third-order valence-corrected chi connectivity index (χ3v) is 2.32. The SMILES string of the molecule is COc1ccc(OCc2nnn(C)n2)c(C(=O)O)c1. The van der Waals surface area contributed by atoms with Crippen molar-refractivity contribution >= 4 is 5.97 Å². The van der Waals surface area contributed by atoms with Crippen LogP contribution in [0.2, 0.25) is 0 Å². The standard InChI is InChI=1S/C11H12N4O4/c1-15-13-10(12-14-15)6-19-9-4-3-7(18-2)5-8(9)11(16)17/h3-5H,6H2,1-2H3,(H,16,17). The molecule has 0 spiro atoms. The van der Waals surface area contributed by atoms with Gasteiger partial charge in [0.2, 0.25) is 5.82 Å². The highest BCUT2D eigenvalue weighted by Gasteiger charge is 2.13. The van der Waals surface area contributed by atoms with E-state index in [4.69, 9.17) is 14.6 Å². The molecule has 0 aliphatic heterocycles. The van der Waals surface area contributed by atoms with E-state index in [1.807, 2.05) is 0 Å². The predicted octanol–water partition coefficient (Wildman–Crippen LogP) is 0.496. The summed E-state index contributed by atoms with van der Waals surface area (Å²) in [5, 5.41) is 20.4. The Balaban J connectivity index is 2.17. The number of tetrazole rings is 1. The molecule has 2 rings (SSSR count). The number of aryl methyl sites for hydroxylation is 1. The Labute approximate surface area is 108 Å². The van der Waals surface area contributed by atoms with Gasteiger partial charge in [0.1, 0.15) is 17.1 Å². The minimum absolute atomic E-state index is 0.0169. The molecule has 19 heavy (non-hydrogen) atoms. The van der Waals surface area contributed by atoms with Gasteiger partial charge in [0, 0.05) is 0 Å². The second-order valence-corrected chi connectivity index (χ2v) is 3.65. The summed E-state index contributed by atoms with van der Waals surface area (Å²) in [4.78, 5) is 12.4. The van der Waals surface area contributed by atoms with E-state index in [0.29, 0.717) is 11.6 Å². The molecule has 0 aliphatic rings. The first-order valence-corrected chi connectivity index (χ1v) is 5.37. The molecule has 0 radical (unpaired) electrons. The van der Waals surface area contributed by atoms with E-state index in [-0.39, 0.29) is 17.9 Å². The number of nitrogens with zero attached hydrogens (tertiary/aromatic N) is 4. The quantitative estimate of drug-likeness (QED) is 0.839. The van der Waals surface area contributed by atoms with E-state index in [1.54, 1.807) is 13.1 Å². The van der Waals surface area contributed by atoms with Gasteiger partial charge >= 0.3 is 5.97 Å². The summed E-state index contributed by atoms with van der Waals surface area (Å²) in [5.74, 6) is -0.0567. The van der Waals surface area contributed by atoms with Gasteiger partial charge in [0.05, 0.1) is 14.2 Å². The van der Waals surface area contributed by atoms with Crippen LogP contribution in [0.4, 0.5) is 0 Å². The summed E-state index contributed by atoms with van der Waals surface area (Å²) >= 11 is 0. The van der Waals surface area contributed by atoms with Crippen LogP contribution in [-0.2, 0) is 13.7 Å². The Bertz CT molecular complexity index is 596. The van der Waals surface area contributed by atoms with Gasteiger partial charge in [0.15, 0.2) is 6.61 Å². The third kappa shape index (κ3) is 2.97. The Morgan fingerprint density at radius 1 is 1.47 bits per heavy atom. The van der Waals surface area contributed by atoms with Crippen LogP contribution < -0.4 is 9.47 Å². The van der Waals surface area contributed by atoms with Crippen LogP contribution in [0.1, 0.15) is 16.2 Å². The number of hydrogen-bond acceptors (Lipinski definition) is 6. The molecule has 0 unspecified atom stereocenters. The minimum Gasteiger partial charge on any atom is -0.497 e. The van der Waals surface area contributed by atoms with Gasteiger partial charge in [-0.15, -0.1) is 10.2 Å². The average Bonchev–Trinajstić information content (AvgIpc) is 2.82. The molecule has 0 amide bonds. The zero-order chi connectivity index (χ0) is 13.8. The predicted molar refractivity (Wildman–Crippen MR) is 63.1 cm³/mol. The van der Waals surface area contributed by atoms with Gasteiger partial charge in [-0.25, -0.2) is 4.79 Å². The summed E-state index contributed by atoms with van der Waals surface area (Å²) < 4.78 is 10.4. The average molecular weight is 264 g/mol. The molecule has 1 aromatic carbocycles. The van der Waals surface area contributed by atoms with Crippen molar-refractivity contribution in [3.8, 4) is 11.5 Å². The first-order chi connectivity index (χ1) is 9.10. The van der Waals surface area contributed by atoms with Crippen molar-refractivity contribution in [2.45, 2.75) is 6.61 Å². The van der Waals surface area contributed by atoms with E-state index in [9.17, 15) is 4.79 Å². The number of carbonyl (C=O) groups is 1. The Morgan fingerprint density at radius 2 is 2.26 bits per heavy atom. The number of carboxylic acids is 1. The summed E-state index contributed by atoms with van der Waals surface area (Å²) in [6.07, 6.45) is 0. The Hall–Kier alpha value is -2.64. The molecular weight excluding hydrogens is 252 g/mol. The van der Waals surface area contributed by atoms with Crippen LogP contribution in [-0.4, -0.2) is 38.4 Å². The molecule has 1 heterocycles. The Kier molecular flexibility index (Phi) is 3.60. The van der Waals surface area contributed by atoms with Crippen LogP contribution >= 0.6 is 0 Å². The van der Waals surface area contributed by atoms with E-state index >= 15 is 0 Å². The van der Waals surface area contributed by atoms with Crippen molar-refractivity contribution in [3.05, 3.63) is 29.6 Å². The maximum atomic E-state index is 11.1. The highest BCUT2D eigenvalue weighted by Crippen LogP contribution is 2.24. The molecule has 0 atom stereocenters. The fourth-order valence-electron chi connectivity index (χ4n) is 1.45. The summed E-state index contributed by atoms with van der Waals surface area (Å²) in [7, 11) is 3.09. The first kappa shape index (κ1) is 12.8. The molecule has 1 N–H and O–H groups in total. The monoisotopic (exact) mass is 264 g/mol. The number of hydrogen-bond donors (Lipinski definition) is 1. The van der Waals surface area contributed by atoms with Crippen molar-refractivity contribution in [2.75, 3.05) is 7.11 Å². The van der Waals surface area contributed by atoms with Crippen LogP contribution in [0.25, 0.3) is 0 Å². The third-order valence-electron chi connectivity index (χ3n) is 2.32. The molecule has 100 valence electrons. The Morgan fingerprint density at radius 3 is 2.84 bits per heavy atom. The first-order valence-electron chi connectivity index (χ1n) is 5.37. The van der Waals surface area contributed by atoms with E-state index < -0.39 is 5.97 Å². The molecule has 8 heteroatoms. The largest absolute Gasteiger partial charge is 0.497 e. The van der Waals surface area contributed by atoms with Crippen LogP contribution in [0.5, 0.6) is 11.5 Å². The number of methoxy groups -OCH3 is 1. The number of rotatable bonds is 5. The maximum Gasteiger partial charge on any atom is 0.339 e. The van der Waals surface area contributed by atoms with E-state index in [0.717, 1.165) is 0 Å². The van der Waals surface area contributed by atoms with Crippen LogP contribution in [0, 0.1) is 0 Å². The van der Waals surface area contributed by atoms with Gasteiger partial charge in [-0.1, -0.05) is 0 Å². The summed E-state index contributed by atoms with van der Waals surface area (Å²) in [5.41, 5.74) is 0.0169. The topological polar surface area (TPSA) is 99.4 Å². The van der Waals surface area contributed by atoms with Gasteiger partial charge < -0.3 is 14.6 Å². The number of benzene rings is 1. The zero-order valence-corrected chi connectivity index (χ0v) is 10.4. The molecular formula is C11H12N4O4. The summed E-state index contributed by atoms with van der Waals surface area (Å²) in [6, 6.07) is 4.53. The smallest absolute Gasteiger partial charge is 0.339 e. The van der Waals surface area contributed by atoms with Crippen LogP contribution in [0.15, 0.2) is 18.2 Å². The zero-order valence-electron chi connectivity index (χ0n) is 10.4. The maximum absolute atomic E-state index is 11.1. The molecule has 0 aliphatic carbocycles. The fourth-order valence-corrected chi connectivity index (χ4v) is 1.45. The van der Waals surface area contributed by atoms with E-state index in [2.05, 4.69) is 15.4 Å². The van der Waals surface area contributed by atoms with Gasteiger partial charge in [0.25, 0.3) is 0 Å². The van der Waals surface area contributed by atoms with Crippen molar-refractivity contribution in [1.29, 1.82) is 0 Å². The molecule has 1 aromatic heterocycles. The lowest BCUT2D eigenvalue weighted by Crippen LogP contribution is -2.05. The number of aromatic nitrogens is 4. The van der Waals surface area contributed by atoms with E-state index in [1.165, 1.54) is 24.0 Å². The normalized spacial score (nSPS) is 10.2. The minimum atomic E-state index is -1.10. The second kappa shape index (κ2) is 5.34. The highest BCUT2D eigenvalue weighted by atomic mass is 16.5. The van der Waals surface area contributed by atoms with Gasteiger partial charge in [-0.3, -0.25) is 0 Å². The summed E-state index contributed by atoms with van der Waals surface area (Å²) in [6.45, 7) is 0.0421.